The van der Waals surface area contributed by atoms with Crippen molar-refractivity contribution in [2.75, 3.05) is 36.1 Å². The first kappa shape index (κ1) is 20.8. The minimum atomic E-state index is -0.100. The Kier molecular flexibility index (Phi) is 5.84. The predicted molar refractivity (Wildman–Crippen MR) is 121 cm³/mol. The SMILES string of the molecule is CC(=O)c1ccc(N2CCN(C(=O)C3=NN(c4cccc(C)c4)C(=O)CC3)CC2)cc1. The van der Waals surface area contributed by atoms with Crippen LogP contribution in [0.1, 0.15) is 35.7 Å². The number of ketones is 1. The summed E-state index contributed by atoms with van der Waals surface area (Å²) in [5, 5.41) is 5.77. The number of benzene rings is 2. The maximum Gasteiger partial charge on any atom is 0.270 e. The zero-order valence-electron chi connectivity index (χ0n) is 17.9. The predicted octanol–water partition coefficient (Wildman–Crippen LogP) is 3.03. The summed E-state index contributed by atoms with van der Waals surface area (Å²) in [6.07, 6.45) is 0.647. The average Bonchev–Trinajstić information content (AvgIpc) is 2.79. The van der Waals surface area contributed by atoms with Crippen LogP contribution >= 0.6 is 0 Å². The molecule has 0 unspecified atom stereocenters. The van der Waals surface area contributed by atoms with E-state index in [1.165, 1.54) is 5.01 Å². The molecule has 7 heteroatoms. The lowest BCUT2D eigenvalue weighted by molar-refractivity contribution is -0.124. The Morgan fingerprint density at radius 1 is 0.903 bits per heavy atom. The minimum absolute atomic E-state index is 0.0495. The number of piperazine rings is 1. The molecule has 4 rings (SSSR count). The van der Waals surface area contributed by atoms with Gasteiger partial charge in [-0.2, -0.15) is 5.10 Å². The summed E-state index contributed by atoms with van der Waals surface area (Å²) in [7, 11) is 0. The van der Waals surface area contributed by atoms with Gasteiger partial charge in [0.15, 0.2) is 5.78 Å². The van der Waals surface area contributed by atoms with Crippen molar-refractivity contribution in [1.82, 2.24) is 4.90 Å². The summed E-state index contributed by atoms with van der Waals surface area (Å²) in [5.41, 5.74) is 3.89. The zero-order valence-corrected chi connectivity index (χ0v) is 17.9. The lowest BCUT2D eigenvalue weighted by Crippen LogP contribution is -2.51. The van der Waals surface area contributed by atoms with Crippen molar-refractivity contribution in [1.29, 1.82) is 0 Å². The average molecular weight is 418 g/mol. The molecule has 2 aliphatic rings. The number of carbonyl (C=O) groups is 3. The molecule has 0 atom stereocenters. The number of hydrogen-bond donors (Lipinski definition) is 0. The highest BCUT2D eigenvalue weighted by Gasteiger charge is 2.30. The highest BCUT2D eigenvalue weighted by Crippen LogP contribution is 2.23. The number of amides is 2. The molecule has 0 aliphatic carbocycles. The summed E-state index contributed by atoms with van der Waals surface area (Å²) < 4.78 is 0. The molecule has 2 amide bonds. The second kappa shape index (κ2) is 8.71. The first-order valence-corrected chi connectivity index (χ1v) is 10.5. The van der Waals surface area contributed by atoms with Crippen LogP contribution in [0, 0.1) is 6.92 Å². The molecular weight excluding hydrogens is 392 g/mol. The van der Waals surface area contributed by atoms with Gasteiger partial charge in [-0.15, -0.1) is 0 Å². The molecule has 2 aliphatic heterocycles. The molecule has 31 heavy (non-hydrogen) atoms. The second-order valence-electron chi connectivity index (χ2n) is 7.97. The van der Waals surface area contributed by atoms with Gasteiger partial charge in [0.05, 0.1) is 5.69 Å². The van der Waals surface area contributed by atoms with Gasteiger partial charge in [-0.25, -0.2) is 5.01 Å². The van der Waals surface area contributed by atoms with Gasteiger partial charge in [0.2, 0.25) is 5.91 Å². The zero-order chi connectivity index (χ0) is 22.0. The van der Waals surface area contributed by atoms with Crippen LogP contribution in [-0.4, -0.2) is 54.4 Å². The lowest BCUT2D eigenvalue weighted by atomic mass is 10.1. The summed E-state index contributed by atoms with van der Waals surface area (Å²) in [6.45, 7) is 6.11. The normalized spacial score (nSPS) is 16.9. The molecular formula is C24H26N4O3. The van der Waals surface area contributed by atoms with Crippen LogP contribution in [0.3, 0.4) is 0 Å². The first-order chi connectivity index (χ1) is 14.9. The standard InChI is InChI=1S/C24H26N4O3/c1-17-4-3-5-21(16-17)28-23(30)11-10-22(25-28)24(31)27-14-12-26(13-15-27)20-8-6-19(7-9-20)18(2)29/h3-9,16H,10-15H2,1-2H3. The van der Waals surface area contributed by atoms with Gasteiger partial charge < -0.3 is 9.80 Å². The highest BCUT2D eigenvalue weighted by atomic mass is 16.2. The minimum Gasteiger partial charge on any atom is -0.368 e. The number of hydrogen-bond acceptors (Lipinski definition) is 5. The van der Waals surface area contributed by atoms with Crippen LogP contribution in [0.15, 0.2) is 53.6 Å². The fourth-order valence-corrected chi connectivity index (χ4v) is 3.93. The van der Waals surface area contributed by atoms with E-state index in [-0.39, 0.29) is 24.0 Å². The number of hydrazone groups is 1. The molecule has 2 aromatic carbocycles. The summed E-state index contributed by atoms with van der Waals surface area (Å²) in [5.74, 6) is -0.147. The van der Waals surface area contributed by atoms with E-state index in [1.54, 1.807) is 6.92 Å². The second-order valence-corrected chi connectivity index (χ2v) is 7.97. The molecule has 0 saturated carbocycles. The molecule has 0 radical (unpaired) electrons. The number of Topliss-reactive ketones (excluding diaryl/α,β-unsaturated/α-hetero) is 1. The van der Waals surface area contributed by atoms with Gasteiger partial charge >= 0.3 is 0 Å². The summed E-state index contributed by atoms with van der Waals surface area (Å²) >= 11 is 0. The van der Waals surface area contributed by atoms with Crippen molar-refractivity contribution in [2.24, 2.45) is 5.10 Å². The van der Waals surface area contributed by atoms with Crippen molar-refractivity contribution in [2.45, 2.75) is 26.7 Å². The number of aryl methyl sites for hydroxylation is 1. The van der Waals surface area contributed by atoms with E-state index in [1.807, 2.05) is 60.4 Å². The molecule has 0 N–H and O–H groups in total. The van der Waals surface area contributed by atoms with Crippen LogP contribution in [0.4, 0.5) is 11.4 Å². The van der Waals surface area contributed by atoms with E-state index < -0.39 is 0 Å². The van der Waals surface area contributed by atoms with Crippen molar-refractivity contribution in [3.05, 3.63) is 59.7 Å². The third-order valence-corrected chi connectivity index (χ3v) is 5.73. The summed E-state index contributed by atoms with van der Waals surface area (Å²) in [6, 6.07) is 15.1. The fourth-order valence-electron chi connectivity index (χ4n) is 3.93. The number of carbonyl (C=O) groups excluding carboxylic acids is 3. The molecule has 2 aromatic rings. The lowest BCUT2D eigenvalue weighted by Gasteiger charge is -2.36. The molecule has 2 heterocycles. The molecule has 1 saturated heterocycles. The van der Waals surface area contributed by atoms with Gasteiger partial charge in [0.1, 0.15) is 5.71 Å². The third kappa shape index (κ3) is 4.50. The maximum atomic E-state index is 13.1. The molecule has 0 spiro atoms. The van der Waals surface area contributed by atoms with Gasteiger partial charge in [-0.1, -0.05) is 12.1 Å². The van der Waals surface area contributed by atoms with Crippen molar-refractivity contribution in [3.63, 3.8) is 0 Å². The van der Waals surface area contributed by atoms with Gasteiger partial charge in [0, 0.05) is 50.3 Å². The molecule has 0 bridgehead atoms. The van der Waals surface area contributed by atoms with E-state index in [0.29, 0.717) is 49.6 Å². The van der Waals surface area contributed by atoms with E-state index in [4.69, 9.17) is 0 Å². The highest BCUT2D eigenvalue weighted by molar-refractivity contribution is 6.40. The largest absolute Gasteiger partial charge is 0.368 e. The van der Waals surface area contributed by atoms with Crippen LogP contribution < -0.4 is 9.91 Å². The Morgan fingerprint density at radius 2 is 1.61 bits per heavy atom. The fraction of sp³-hybridized carbons (Fsp3) is 0.333. The van der Waals surface area contributed by atoms with Gasteiger partial charge in [-0.05, 0) is 55.8 Å². The molecule has 7 nitrogen and oxygen atoms in total. The quantitative estimate of drug-likeness (QED) is 0.716. The van der Waals surface area contributed by atoms with Crippen LogP contribution in [0.25, 0.3) is 0 Å². The van der Waals surface area contributed by atoms with Crippen molar-refractivity contribution >= 4 is 34.7 Å². The Hall–Kier alpha value is -3.48. The van der Waals surface area contributed by atoms with E-state index in [9.17, 15) is 14.4 Å². The van der Waals surface area contributed by atoms with Crippen LogP contribution in [-0.2, 0) is 9.59 Å². The van der Waals surface area contributed by atoms with Crippen molar-refractivity contribution < 1.29 is 14.4 Å². The third-order valence-electron chi connectivity index (χ3n) is 5.73. The molecule has 0 aromatic heterocycles. The Labute approximate surface area is 181 Å². The maximum absolute atomic E-state index is 13.1. The first-order valence-electron chi connectivity index (χ1n) is 10.5. The Morgan fingerprint density at radius 3 is 2.26 bits per heavy atom. The van der Waals surface area contributed by atoms with E-state index in [2.05, 4.69) is 10.0 Å². The van der Waals surface area contributed by atoms with E-state index >= 15 is 0 Å². The Bertz CT molecular complexity index is 1040. The van der Waals surface area contributed by atoms with Gasteiger partial charge in [0.25, 0.3) is 5.91 Å². The Balaban J connectivity index is 1.42. The van der Waals surface area contributed by atoms with Gasteiger partial charge in [-0.3, -0.25) is 14.4 Å². The number of rotatable bonds is 4. The van der Waals surface area contributed by atoms with Crippen LogP contribution in [0.2, 0.25) is 0 Å². The monoisotopic (exact) mass is 418 g/mol. The topological polar surface area (TPSA) is 73.3 Å². The summed E-state index contributed by atoms with van der Waals surface area (Å²) in [4.78, 5) is 40.9. The van der Waals surface area contributed by atoms with Crippen LogP contribution in [0.5, 0.6) is 0 Å². The molecule has 160 valence electrons. The van der Waals surface area contributed by atoms with Crippen molar-refractivity contribution in [3.8, 4) is 0 Å². The molecule has 1 fully saturated rings. The smallest absolute Gasteiger partial charge is 0.270 e. The van der Waals surface area contributed by atoms with E-state index in [0.717, 1.165) is 11.3 Å². The number of anilines is 2. The number of nitrogens with zero attached hydrogens (tertiary/aromatic N) is 4.